The molecule has 0 aliphatic carbocycles. The lowest BCUT2D eigenvalue weighted by molar-refractivity contribution is -0.405. The summed E-state index contributed by atoms with van der Waals surface area (Å²) in [7, 11) is 0. The monoisotopic (exact) mass is 374 g/mol. The summed E-state index contributed by atoms with van der Waals surface area (Å²) in [6.07, 6.45) is 0.500. The zero-order valence-electron chi connectivity index (χ0n) is 17.4. The molecule has 0 unspecified atom stereocenters. The molecule has 0 atom stereocenters. The van der Waals surface area contributed by atoms with Crippen LogP contribution >= 0.6 is 0 Å². The first kappa shape index (κ1) is 24.4. The Morgan fingerprint density at radius 3 is 1.92 bits per heavy atom. The van der Waals surface area contributed by atoms with Gasteiger partial charge >= 0.3 is 12.1 Å². The highest BCUT2D eigenvalue weighted by molar-refractivity contribution is 5.87. The van der Waals surface area contributed by atoms with Crippen LogP contribution < -0.4 is 0 Å². The molecule has 0 heterocycles. The van der Waals surface area contributed by atoms with Gasteiger partial charge < -0.3 is 4.74 Å². The minimum Gasteiger partial charge on any atom is -0.432 e. The smallest absolute Gasteiger partial charge is 0.432 e. The van der Waals surface area contributed by atoms with Crippen molar-refractivity contribution in [1.82, 2.24) is 0 Å². The fraction of sp³-hybridized carbons (Fsp3) is 0.789. The SMILES string of the molecule is C=C(CCC(C)(C)OOC(C)(C)CC(C)(C)C)C(=O)OOC(=O)OCC. The van der Waals surface area contributed by atoms with Crippen LogP contribution in [0.3, 0.4) is 0 Å². The maximum atomic E-state index is 11.7. The van der Waals surface area contributed by atoms with E-state index in [1.165, 1.54) is 0 Å². The molecular weight excluding hydrogens is 340 g/mol. The van der Waals surface area contributed by atoms with Crippen molar-refractivity contribution in [2.75, 3.05) is 6.61 Å². The predicted octanol–water partition coefficient (Wildman–Crippen LogP) is 4.90. The second-order valence-corrected chi connectivity index (χ2v) is 8.66. The summed E-state index contributed by atoms with van der Waals surface area (Å²) in [6.45, 7) is 19.4. The molecule has 0 aliphatic rings. The first-order valence-corrected chi connectivity index (χ1v) is 8.78. The van der Waals surface area contributed by atoms with Crippen LogP contribution in [0.15, 0.2) is 12.2 Å². The van der Waals surface area contributed by atoms with Crippen molar-refractivity contribution in [3.63, 3.8) is 0 Å². The molecule has 7 nitrogen and oxygen atoms in total. The molecule has 0 fully saturated rings. The number of carbonyl (C=O) groups is 2. The number of hydrogen-bond donors (Lipinski definition) is 0. The van der Waals surface area contributed by atoms with E-state index >= 15 is 0 Å². The van der Waals surface area contributed by atoms with Gasteiger partial charge in [0.05, 0.1) is 17.8 Å². The van der Waals surface area contributed by atoms with Crippen LogP contribution in [0.1, 0.15) is 74.7 Å². The Hall–Kier alpha value is -1.60. The number of hydrogen-bond acceptors (Lipinski definition) is 7. The lowest BCUT2D eigenvalue weighted by Gasteiger charge is -2.34. The van der Waals surface area contributed by atoms with Gasteiger partial charge in [0.1, 0.15) is 0 Å². The molecule has 0 aromatic rings. The molecule has 0 aromatic carbocycles. The molecule has 0 rings (SSSR count). The van der Waals surface area contributed by atoms with E-state index in [4.69, 9.17) is 9.78 Å². The predicted molar refractivity (Wildman–Crippen MR) is 97.0 cm³/mol. The van der Waals surface area contributed by atoms with Crippen molar-refractivity contribution < 1.29 is 33.9 Å². The van der Waals surface area contributed by atoms with Crippen LogP contribution in [0.25, 0.3) is 0 Å². The average Bonchev–Trinajstić information content (AvgIpc) is 2.46. The number of carbonyl (C=O) groups excluding carboxylic acids is 2. The van der Waals surface area contributed by atoms with Gasteiger partial charge in [-0.2, -0.15) is 4.79 Å². The highest BCUT2D eigenvalue weighted by Crippen LogP contribution is 2.31. The average molecular weight is 374 g/mol. The van der Waals surface area contributed by atoms with Crippen LogP contribution in [0, 0.1) is 5.41 Å². The van der Waals surface area contributed by atoms with E-state index in [9.17, 15) is 9.59 Å². The van der Waals surface area contributed by atoms with Crippen LogP contribution in [0.2, 0.25) is 0 Å². The molecule has 0 radical (unpaired) electrons. The first-order valence-electron chi connectivity index (χ1n) is 8.78. The second kappa shape index (κ2) is 9.92. The van der Waals surface area contributed by atoms with Gasteiger partial charge in [-0.05, 0) is 59.3 Å². The van der Waals surface area contributed by atoms with E-state index in [2.05, 4.69) is 41.9 Å². The van der Waals surface area contributed by atoms with Crippen LogP contribution in [-0.2, 0) is 29.1 Å². The molecule has 26 heavy (non-hydrogen) atoms. The standard InChI is InChI=1S/C19H34O7/c1-10-22-16(21)24-23-15(20)14(2)11-12-18(6,7)25-26-19(8,9)13-17(3,4)5/h2,10-13H2,1,3-9H3. The van der Waals surface area contributed by atoms with Gasteiger partial charge in [0.2, 0.25) is 0 Å². The molecule has 0 aromatic heterocycles. The third kappa shape index (κ3) is 11.9. The van der Waals surface area contributed by atoms with Crippen LogP contribution in [0.5, 0.6) is 0 Å². The Morgan fingerprint density at radius 2 is 1.42 bits per heavy atom. The van der Waals surface area contributed by atoms with E-state index in [1.54, 1.807) is 6.92 Å². The Morgan fingerprint density at radius 1 is 0.885 bits per heavy atom. The van der Waals surface area contributed by atoms with E-state index in [-0.39, 0.29) is 17.6 Å². The second-order valence-electron chi connectivity index (χ2n) is 8.66. The Bertz CT molecular complexity index is 487. The molecule has 0 aliphatic heterocycles. The summed E-state index contributed by atoms with van der Waals surface area (Å²) < 4.78 is 4.48. The van der Waals surface area contributed by atoms with Gasteiger partial charge in [0.25, 0.3) is 0 Å². The highest BCUT2D eigenvalue weighted by atomic mass is 17.2. The molecule has 0 bridgehead atoms. The quantitative estimate of drug-likeness (QED) is 0.246. The van der Waals surface area contributed by atoms with Crippen molar-refractivity contribution >= 4 is 12.1 Å². The minimum atomic E-state index is -1.08. The van der Waals surface area contributed by atoms with Crippen molar-refractivity contribution in [3.8, 4) is 0 Å². The number of rotatable bonds is 9. The Kier molecular flexibility index (Phi) is 9.31. The zero-order valence-corrected chi connectivity index (χ0v) is 17.4. The van der Waals surface area contributed by atoms with E-state index < -0.39 is 23.3 Å². The molecule has 0 spiro atoms. The molecule has 0 saturated heterocycles. The van der Waals surface area contributed by atoms with Gasteiger partial charge in [-0.3, -0.25) is 0 Å². The van der Waals surface area contributed by atoms with Gasteiger partial charge in [0.15, 0.2) is 0 Å². The molecule has 7 heteroatoms. The molecular formula is C19H34O7. The fourth-order valence-corrected chi connectivity index (χ4v) is 2.40. The normalized spacial score (nSPS) is 12.5. The molecule has 0 amide bonds. The van der Waals surface area contributed by atoms with Gasteiger partial charge in [-0.1, -0.05) is 27.4 Å². The van der Waals surface area contributed by atoms with E-state index in [0.717, 1.165) is 6.42 Å². The zero-order chi connectivity index (χ0) is 20.6. The summed E-state index contributed by atoms with van der Waals surface area (Å²) >= 11 is 0. The molecule has 0 N–H and O–H groups in total. The van der Waals surface area contributed by atoms with Crippen molar-refractivity contribution in [2.45, 2.75) is 85.9 Å². The van der Waals surface area contributed by atoms with Crippen molar-refractivity contribution in [1.29, 1.82) is 0 Å². The highest BCUT2D eigenvalue weighted by Gasteiger charge is 2.31. The summed E-state index contributed by atoms with van der Waals surface area (Å²) in [4.78, 5) is 42.5. The fourth-order valence-electron chi connectivity index (χ4n) is 2.40. The van der Waals surface area contributed by atoms with E-state index in [0.29, 0.717) is 12.8 Å². The third-order valence-electron chi connectivity index (χ3n) is 3.21. The summed E-state index contributed by atoms with van der Waals surface area (Å²) in [6, 6.07) is 0. The number of ether oxygens (including phenoxy) is 1. The minimum absolute atomic E-state index is 0.105. The third-order valence-corrected chi connectivity index (χ3v) is 3.21. The lowest BCUT2D eigenvalue weighted by atomic mass is 9.84. The summed E-state index contributed by atoms with van der Waals surface area (Å²) in [5, 5.41) is 0. The van der Waals surface area contributed by atoms with Gasteiger partial charge in [-0.25, -0.2) is 24.3 Å². The Labute approximate surface area is 156 Å². The van der Waals surface area contributed by atoms with E-state index in [1.807, 2.05) is 27.7 Å². The Balaban J connectivity index is 4.35. The van der Waals surface area contributed by atoms with Crippen molar-refractivity contribution in [2.24, 2.45) is 5.41 Å². The topological polar surface area (TPSA) is 80.3 Å². The molecule has 152 valence electrons. The first-order chi connectivity index (χ1) is 11.7. The van der Waals surface area contributed by atoms with Gasteiger partial charge in [-0.15, -0.1) is 0 Å². The maximum Gasteiger partial charge on any atom is 0.549 e. The van der Waals surface area contributed by atoms with Crippen molar-refractivity contribution in [3.05, 3.63) is 12.2 Å². The summed E-state index contributed by atoms with van der Waals surface area (Å²) in [5.41, 5.74) is -0.826. The van der Waals surface area contributed by atoms with Crippen LogP contribution in [-0.4, -0.2) is 29.9 Å². The van der Waals surface area contributed by atoms with Crippen LogP contribution in [0.4, 0.5) is 4.79 Å². The molecule has 0 saturated carbocycles. The maximum absolute atomic E-state index is 11.7. The summed E-state index contributed by atoms with van der Waals surface area (Å²) in [5.74, 6) is -0.831. The van der Waals surface area contributed by atoms with Gasteiger partial charge in [0, 0.05) is 5.57 Å². The largest absolute Gasteiger partial charge is 0.549 e. The lowest BCUT2D eigenvalue weighted by Crippen LogP contribution is -2.35.